The highest BCUT2D eigenvalue weighted by Gasteiger charge is 2.14. The number of aromatic nitrogens is 2. The van der Waals surface area contributed by atoms with Crippen molar-refractivity contribution in [3.05, 3.63) is 53.1 Å². The molecule has 0 radical (unpaired) electrons. The molecule has 0 N–H and O–H groups in total. The molecule has 0 aliphatic rings. The van der Waals surface area contributed by atoms with Crippen LogP contribution in [0, 0.1) is 12.7 Å². The van der Waals surface area contributed by atoms with Crippen LogP contribution in [0.25, 0.3) is 0 Å². The lowest BCUT2D eigenvalue weighted by molar-refractivity contribution is 0.0988. The average molecular weight is 232 g/mol. The van der Waals surface area contributed by atoms with Crippen LogP contribution in [0.15, 0.2) is 30.5 Å². The van der Waals surface area contributed by atoms with Gasteiger partial charge < -0.3 is 0 Å². The highest BCUT2D eigenvalue weighted by atomic mass is 19.1. The number of hydrogen-bond donors (Lipinski definition) is 0. The van der Waals surface area contributed by atoms with Crippen LogP contribution >= 0.6 is 0 Å². The number of nitrogens with zero attached hydrogens (tertiary/aromatic N) is 2. The third kappa shape index (κ3) is 2.41. The number of carbonyl (C=O) groups is 1. The van der Waals surface area contributed by atoms with E-state index >= 15 is 0 Å². The van der Waals surface area contributed by atoms with Crippen LogP contribution < -0.4 is 0 Å². The first-order valence-electron chi connectivity index (χ1n) is 5.35. The molecule has 1 aromatic carbocycles. The average Bonchev–Trinajstić information content (AvgIpc) is 2.68. The van der Waals surface area contributed by atoms with Gasteiger partial charge in [0.25, 0.3) is 0 Å². The second kappa shape index (κ2) is 4.49. The van der Waals surface area contributed by atoms with Crippen LogP contribution in [0.5, 0.6) is 0 Å². The van der Waals surface area contributed by atoms with E-state index in [1.54, 1.807) is 43.0 Å². The normalized spacial score (nSPS) is 10.5. The number of ketones is 1. The zero-order valence-corrected chi connectivity index (χ0v) is 9.77. The minimum atomic E-state index is -0.437. The molecule has 1 heterocycles. The first-order valence-corrected chi connectivity index (χ1v) is 5.35. The van der Waals surface area contributed by atoms with E-state index in [1.165, 1.54) is 6.07 Å². The van der Waals surface area contributed by atoms with Gasteiger partial charge >= 0.3 is 0 Å². The molecule has 2 aromatic rings. The van der Waals surface area contributed by atoms with E-state index < -0.39 is 5.82 Å². The topological polar surface area (TPSA) is 34.9 Å². The summed E-state index contributed by atoms with van der Waals surface area (Å²) in [6.45, 7) is 1.65. The fourth-order valence-electron chi connectivity index (χ4n) is 1.68. The van der Waals surface area contributed by atoms with Crippen LogP contribution in [0.2, 0.25) is 0 Å². The zero-order chi connectivity index (χ0) is 12.4. The van der Waals surface area contributed by atoms with Gasteiger partial charge in [0.15, 0.2) is 5.78 Å². The first kappa shape index (κ1) is 11.5. The Morgan fingerprint density at radius 2 is 2.18 bits per heavy atom. The number of rotatable bonds is 3. The molecule has 0 saturated heterocycles. The van der Waals surface area contributed by atoms with Crippen molar-refractivity contribution in [3.63, 3.8) is 0 Å². The maximum Gasteiger partial charge on any atom is 0.171 e. The van der Waals surface area contributed by atoms with Gasteiger partial charge in [0.1, 0.15) is 5.82 Å². The Morgan fingerprint density at radius 1 is 1.41 bits per heavy atom. The van der Waals surface area contributed by atoms with Gasteiger partial charge in [0.05, 0.1) is 17.7 Å². The van der Waals surface area contributed by atoms with Gasteiger partial charge in [0, 0.05) is 13.2 Å². The molecule has 0 bridgehead atoms. The molecule has 0 spiro atoms. The van der Waals surface area contributed by atoms with E-state index in [4.69, 9.17) is 0 Å². The van der Waals surface area contributed by atoms with Gasteiger partial charge in [-0.15, -0.1) is 0 Å². The summed E-state index contributed by atoms with van der Waals surface area (Å²) in [6, 6.07) is 6.59. The smallest absolute Gasteiger partial charge is 0.171 e. The summed E-state index contributed by atoms with van der Waals surface area (Å²) >= 11 is 0. The van der Waals surface area contributed by atoms with Crippen molar-refractivity contribution in [2.45, 2.75) is 13.3 Å². The van der Waals surface area contributed by atoms with Crippen LogP contribution in [0.3, 0.4) is 0 Å². The Kier molecular flexibility index (Phi) is 3.04. The largest absolute Gasteiger partial charge is 0.294 e. The highest BCUT2D eigenvalue weighted by Crippen LogP contribution is 2.14. The van der Waals surface area contributed by atoms with Crippen molar-refractivity contribution in [2.75, 3.05) is 0 Å². The molecule has 0 atom stereocenters. The fourth-order valence-corrected chi connectivity index (χ4v) is 1.68. The SMILES string of the molecule is Cc1cccc(C(=O)Cc2ccn(C)n2)c1F. The Labute approximate surface area is 98.9 Å². The first-order chi connectivity index (χ1) is 8.08. The van der Waals surface area contributed by atoms with E-state index in [-0.39, 0.29) is 17.8 Å². The molecule has 0 fully saturated rings. The molecule has 0 aliphatic carbocycles. The van der Waals surface area contributed by atoms with Crippen LogP contribution in [-0.4, -0.2) is 15.6 Å². The molecule has 88 valence electrons. The molecule has 0 amide bonds. The van der Waals surface area contributed by atoms with E-state index in [1.807, 2.05) is 0 Å². The molecule has 17 heavy (non-hydrogen) atoms. The van der Waals surface area contributed by atoms with Crippen molar-refractivity contribution in [3.8, 4) is 0 Å². The number of carbonyl (C=O) groups excluding carboxylic acids is 1. The summed E-state index contributed by atoms with van der Waals surface area (Å²) < 4.78 is 15.3. The molecule has 2 rings (SSSR count). The second-order valence-electron chi connectivity index (χ2n) is 4.02. The fraction of sp³-hybridized carbons (Fsp3) is 0.231. The van der Waals surface area contributed by atoms with Gasteiger partial charge in [-0.05, 0) is 24.6 Å². The summed E-state index contributed by atoms with van der Waals surface area (Å²) in [5.74, 6) is -0.682. The van der Waals surface area contributed by atoms with Crippen molar-refractivity contribution >= 4 is 5.78 Å². The summed E-state index contributed by atoms with van der Waals surface area (Å²) in [7, 11) is 1.78. The number of Topliss-reactive ketones (excluding diaryl/α,β-unsaturated/α-hetero) is 1. The summed E-state index contributed by atoms with van der Waals surface area (Å²) in [5.41, 5.74) is 1.27. The van der Waals surface area contributed by atoms with E-state index in [0.717, 1.165) is 0 Å². The maximum absolute atomic E-state index is 13.7. The van der Waals surface area contributed by atoms with Gasteiger partial charge in [0.2, 0.25) is 0 Å². The van der Waals surface area contributed by atoms with E-state index in [2.05, 4.69) is 5.10 Å². The Balaban J connectivity index is 2.23. The third-order valence-corrected chi connectivity index (χ3v) is 2.60. The van der Waals surface area contributed by atoms with Crippen molar-refractivity contribution < 1.29 is 9.18 Å². The number of halogens is 1. The van der Waals surface area contributed by atoms with Crippen molar-refractivity contribution in [1.82, 2.24) is 9.78 Å². The highest BCUT2D eigenvalue weighted by molar-refractivity contribution is 5.97. The molecule has 1 aromatic heterocycles. The minimum Gasteiger partial charge on any atom is -0.294 e. The number of hydrogen-bond acceptors (Lipinski definition) is 2. The van der Waals surface area contributed by atoms with Crippen LogP contribution in [0.1, 0.15) is 21.6 Å². The van der Waals surface area contributed by atoms with Gasteiger partial charge in [-0.1, -0.05) is 12.1 Å². The molecule has 0 unspecified atom stereocenters. The van der Waals surface area contributed by atoms with E-state index in [0.29, 0.717) is 11.3 Å². The summed E-state index contributed by atoms with van der Waals surface area (Å²) in [6.07, 6.45) is 1.89. The maximum atomic E-state index is 13.7. The van der Waals surface area contributed by atoms with Crippen LogP contribution in [-0.2, 0) is 13.5 Å². The zero-order valence-electron chi connectivity index (χ0n) is 9.77. The lowest BCUT2D eigenvalue weighted by Gasteiger charge is -2.03. The van der Waals surface area contributed by atoms with Crippen LogP contribution in [0.4, 0.5) is 4.39 Å². The predicted molar refractivity (Wildman–Crippen MR) is 62.4 cm³/mol. The molecular weight excluding hydrogens is 219 g/mol. The summed E-state index contributed by atoms with van der Waals surface area (Å²) in [5, 5.41) is 4.10. The quantitative estimate of drug-likeness (QED) is 0.761. The number of benzene rings is 1. The van der Waals surface area contributed by atoms with Crippen molar-refractivity contribution in [2.24, 2.45) is 7.05 Å². The summed E-state index contributed by atoms with van der Waals surface area (Å²) in [4.78, 5) is 11.9. The number of aryl methyl sites for hydroxylation is 2. The Hall–Kier alpha value is -1.97. The molecule has 0 aliphatic heterocycles. The standard InChI is InChI=1S/C13H13FN2O/c1-9-4-3-5-11(13(9)14)12(17)8-10-6-7-16(2)15-10/h3-7H,8H2,1-2H3. The molecule has 4 heteroatoms. The lowest BCUT2D eigenvalue weighted by Crippen LogP contribution is -2.08. The van der Waals surface area contributed by atoms with Gasteiger partial charge in [-0.2, -0.15) is 5.10 Å². The Morgan fingerprint density at radius 3 is 2.82 bits per heavy atom. The molecule has 0 saturated carbocycles. The second-order valence-corrected chi connectivity index (χ2v) is 4.02. The monoisotopic (exact) mass is 232 g/mol. The Bertz CT molecular complexity index is 560. The van der Waals surface area contributed by atoms with Gasteiger partial charge in [-0.25, -0.2) is 4.39 Å². The molecular formula is C13H13FN2O. The minimum absolute atomic E-state index is 0.126. The third-order valence-electron chi connectivity index (χ3n) is 2.60. The lowest BCUT2D eigenvalue weighted by atomic mass is 10.0. The van der Waals surface area contributed by atoms with E-state index in [9.17, 15) is 9.18 Å². The predicted octanol–water partition coefficient (Wildman–Crippen LogP) is 2.29. The van der Waals surface area contributed by atoms with Gasteiger partial charge in [-0.3, -0.25) is 9.48 Å². The molecule has 3 nitrogen and oxygen atoms in total. The van der Waals surface area contributed by atoms with Crippen molar-refractivity contribution in [1.29, 1.82) is 0 Å².